The minimum absolute atomic E-state index is 0.204. The summed E-state index contributed by atoms with van der Waals surface area (Å²) in [5.74, 6) is -1.30. The molecule has 2 aromatic rings. The van der Waals surface area contributed by atoms with Crippen LogP contribution in [0.4, 0.5) is 5.69 Å². The van der Waals surface area contributed by atoms with Crippen LogP contribution in [0.25, 0.3) is 0 Å². The van der Waals surface area contributed by atoms with Crippen LogP contribution >= 0.6 is 0 Å². The van der Waals surface area contributed by atoms with E-state index in [-0.39, 0.29) is 11.3 Å². The Labute approximate surface area is 157 Å². The lowest BCUT2D eigenvalue weighted by Crippen LogP contribution is -2.30. The molecule has 27 heavy (non-hydrogen) atoms. The summed E-state index contributed by atoms with van der Waals surface area (Å²) < 4.78 is 15.1. The van der Waals surface area contributed by atoms with Crippen molar-refractivity contribution in [2.24, 2.45) is 0 Å². The fourth-order valence-corrected chi connectivity index (χ4v) is 2.26. The number of anilines is 1. The zero-order valence-corrected chi connectivity index (χ0v) is 15.4. The molecule has 0 unspecified atom stereocenters. The quantitative estimate of drug-likeness (QED) is 0.753. The van der Waals surface area contributed by atoms with Gasteiger partial charge in [0.2, 0.25) is 0 Å². The molecule has 0 aliphatic heterocycles. The van der Waals surface area contributed by atoms with Crippen molar-refractivity contribution in [1.82, 2.24) is 0 Å². The van der Waals surface area contributed by atoms with Crippen LogP contribution < -0.4 is 10.1 Å². The number of ether oxygens (including phenoxy) is 3. The molecule has 1 atom stereocenters. The Hall–Kier alpha value is -3.35. The Morgan fingerprint density at radius 3 is 2.52 bits per heavy atom. The number of hydrogen-bond acceptors (Lipinski definition) is 6. The van der Waals surface area contributed by atoms with Gasteiger partial charge >= 0.3 is 11.9 Å². The molecule has 0 spiro atoms. The van der Waals surface area contributed by atoms with E-state index in [0.717, 1.165) is 5.56 Å². The van der Waals surface area contributed by atoms with Crippen LogP contribution in [-0.4, -0.2) is 37.7 Å². The normalized spacial score (nSPS) is 11.2. The molecule has 1 amide bonds. The van der Waals surface area contributed by atoms with Gasteiger partial charge in [0.05, 0.1) is 18.4 Å². The van der Waals surface area contributed by atoms with E-state index < -0.39 is 30.6 Å². The van der Waals surface area contributed by atoms with Crippen molar-refractivity contribution in [3.05, 3.63) is 59.7 Å². The summed E-state index contributed by atoms with van der Waals surface area (Å²) in [6.07, 6.45) is -0.873. The maximum Gasteiger partial charge on any atom is 0.347 e. The van der Waals surface area contributed by atoms with Crippen molar-refractivity contribution in [3.63, 3.8) is 0 Å². The molecule has 2 rings (SSSR count). The minimum atomic E-state index is -0.873. The molecule has 0 aliphatic carbocycles. The molecule has 2 aromatic carbocycles. The summed E-state index contributed by atoms with van der Waals surface area (Å²) >= 11 is 0. The van der Waals surface area contributed by atoms with Gasteiger partial charge < -0.3 is 19.5 Å². The number of carbonyl (C=O) groups is 3. The molecule has 0 radical (unpaired) electrons. The van der Waals surface area contributed by atoms with Crippen molar-refractivity contribution < 1.29 is 28.6 Å². The molecule has 0 saturated carbocycles. The summed E-state index contributed by atoms with van der Waals surface area (Å²) in [5.41, 5.74) is 1.47. The van der Waals surface area contributed by atoms with Gasteiger partial charge in [0.15, 0.2) is 12.7 Å². The number of aryl methyl sites for hydroxylation is 1. The van der Waals surface area contributed by atoms with Crippen LogP contribution in [0, 0.1) is 6.92 Å². The highest BCUT2D eigenvalue weighted by atomic mass is 16.6. The highest BCUT2D eigenvalue weighted by Crippen LogP contribution is 2.16. The molecule has 0 heterocycles. The number of rotatable bonds is 7. The smallest absolute Gasteiger partial charge is 0.347 e. The molecule has 0 bridgehead atoms. The van der Waals surface area contributed by atoms with Gasteiger partial charge in [-0.2, -0.15) is 0 Å². The first kappa shape index (κ1) is 20.0. The number of methoxy groups -OCH3 is 1. The van der Waals surface area contributed by atoms with Crippen molar-refractivity contribution in [1.29, 1.82) is 0 Å². The lowest BCUT2D eigenvalue weighted by Gasteiger charge is -2.14. The number of benzene rings is 2. The first-order chi connectivity index (χ1) is 12.9. The topological polar surface area (TPSA) is 90.9 Å². The lowest BCUT2D eigenvalue weighted by atomic mass is 10.2. The molecule has 1 N–H and O–H groups in total. The van der Waals surface area contributed by atoms with Gasteiger partial charge in [0.25, 0.3) is 5.91 Å². The Bertz CT molecular complexity index is 833. The zero-order chi connectivity index (χ0) is 19.8. The van der Waals surface area contributed by atoms with Crippen LogP contribution in [0.1, 0.15) is 22.8 Å². The average Bonchev–Trinajstić information content (AvgIpc) is 2.66. The standard InChI is InChI=1S/C20H21NO6/c1-13-7-6-8-15(11-13)27-14(2)19(23)26-12-18(22)21-17-10-5-4-9-16(17)20(24)25-3/h4-11,14H,12H2,1-3H3,(H,21,22)/t14-/m0/s1. The second-order valence-corrected chi connectivity index (χ2v) is 5.77. The molecular formula is C20H21NO6. The van der Waals surface area contributed by atoms with E-state index in [9.17, 15) is 14.4 Å². The average molecular weight is 371 g/mol. The molecular weight excluding hydrogens is 350 g/mol. The molecule has 0 aromatic heterocycles. The first-order valence-electron chi connectivity index (χ1n) is 8.28. The van der Waals surface area contributed by atoms with Crippen molar-refractivity contribution >= 4 is 23.5 Å². The highest BCUT2D eigenvalue weighted by molar-refractivity contribution is 6.01. The van der Waals surface area contributed by atoms with Crippen LogP contribution in [0.5, 0.6) is 5.75 Å². The number of carbonyl (C=O) groups excluding carboxylic acids is 3. The van der Waals surface area contributed by atoms with Crippen LogP contribution in [0.3, 0.4) is 0 Å². The molecule has 0 fully saturated rings. The van der Waals surface area contributed by atoms with E-state index in [1.807, 2.05) is 19.1 Å². The number of para-hydroxylation sites is 1. The minimum Gasteiger partial charge on any atom is -0.479 e. The SMILES string of the molecule is COC(=O)c1ccccc1NC(=O)COC(=O)[C@H](C)Oc1cccc(C)c1. The van der Waals surface area contributed by atoms with Crippen LogP contribution in [-0.2, 0) is 19.1 Å². The maximum absolute atomic E-state index is 12.0. The fraction of sp³-hybridized carbons (Fsp3) is 0.250. The van der Waals surface area contributed by atoms with Crippen molar-refractivity contribution in [2.75, 3.05) is 19.0 Å². The van der Waals surface area contributed by atoms with E-state index >= 15 is 0 Å². The third-order valence-corrected chi connectivity index (χ3v) is 3.59. The molecule has 7 heteroatoms. The van der Waals surface area contributed by atoms with E-state index in [4.69, 9.17) is 9.47 Å². The van der Waals surface area contributed by atoms with Crippen molar-refractivity contribution in [2.45, 2.75) is 20.0 Å². The summed E-state index contributed by atoms with van der Waals surface area (Å²) in [4.78, 5) is 35.7. The van der Waals surface area contributed by atoms with Gasteiger partial charge in [0, 0.05) is 0 Å². The van der Waals surface area contributed by atoms with Gasteiger partial charge in [-0.15, -0.1) is 0 Å². The Morgan fingerprint density at radius 2 is 1.81 bits per heavy atom. The lowest BCUT2D eigenvalue weighted by molar-refractivity contribution is -0.153. The first-order valence-corrected chi connectivity index (χ1v) is 8.28. The van der Waals surface area contributed by atoms with Gasteiger partial charge in [-0.05, 0) is 43.7 Å². The number of esters is 2. The Morgan fingerprint density at radius 1 is 1.07 bits per heavy atom. The van der Waals surface area contributed by atoms with Crippen LogP contribution in [0.2, 0.25) is 0 Å². The van der Waals surface area contributed by atoms with Gasteiger partial charge in [-0.25, -0.2) is 9.59 Å². The molecule has 0 saturated heterocycles. The summed E-state index contributed by atoms with van der Waals surface area (Å²) in [5, 5.41) is 2.52. The summed E-state index contributed by atoms with van der Waals surface area (Å²) in [6.45, 7) is 2.94. The second-order valence-electron chi connectivity index (χ2n) is 5.77. The predicted octanol–water partition coefficient (Wildman–Crippen LogP) is 2.73. The number of nitrogens with one attached hydrogen (secondary N) is 1. The van der Waals surface area contributed by atoms with Crippen molar-refractivity contribution in [3.8, 4) is 5.75 Å². The molecule has 7 nitrogen and oxygen atoms in total. The third-order valence-electron chi connectivity index (χ3n) is 3.59. The van der Waals surface area contributed by atoms with E-state index in [1.54, 1.807) is 30.3 Å². The Kier molecular flexibility index (Phi) is 6.93. The van der Waals surface area contributed by atoms with Crippen LogP contribution in [0.15, 0.2) is 48.5 Å². The van der Waals surface area contributed by atoms with E-state index in [1.165, 1.54) is 20.1 Å². The summed E-state index contributed by atoms with van der Waals surface area (Å²) in [6, 6.07) is 13.6. The second kappa shape index (κ2) is 9.38. The monoisotopic (exact) mass is 371 g/mol. The van der Waals surface area contributed by atoms with Gasteiger partial charge in [-0.3, -0.25) is 4.79 Å². The largest absolute Gasteiger partial charge is 0.479 e. The summed E-state index contributed by atoms with van der Waals surface area (Å²) in [7, 11) is 1.25. The Balaban J connectivity index is 1.88. The van der Waals surface area contributed by atoms with Gasteiger partial charge in [-0.1, -0.05) is 24.3 Å². The van der Waals surface area contributed by atoms with E-state index in [2.05, 4.69) is 10.1 Å². The zero-order valence-electron chi connectivity index (χ0n) is 15.4. The maximum atomic E-state index is 12.0. The highest BCUT2D eigenvalue weighted by Gasteiger charge is 2.19. The number of amides is 1. The number of hydrogen-bond donors (Lipinski definition) is 1. The third kappa shape index (κ3) is 5.85. The fourth-order valence-electron chi connectivity index (χ4n) is 2.26. The van der Waals surface area contributed by atoms with Gasteiger partial charge in [0.1, 0.15) is 5.75 Å². The molecule has 0 aliphatic rings. The van der Waals surface area contributed by atoms with E-state index in [0.29, 0.717) is 5.75 Å². The molecule has 142 valence electrons. The predicted molar refractivity (Wildman–Crippen MR) is 98.6 cm³/mol.